The molecule has 0 aromatic heterocycles. The lowest BCUT2D eigenvalue weighted by Gasteiger charge is -2.19. The zero-order valence-electron chi connectivity index (χ0n) is 16.9. The van der Waals surface area contributed by atoms with E-state index in [1.165, 1.54) is 7.05 Å². The average Bonchev–Trinajstić information content (AvgIpc) is 2.85. The van der Waals surface area contributed by atoms with Gasteiger partial charge in [-0.2, -0.15) is 0 Å². The van der Waals surface area contributed by atoms with Crippen LogP contribution in [-0.2, 0) is 22.0 Å². The van der Waals surface area contributed by atoms with E-state index >= 15 is 0 Å². The molecule has 1 heterocycles. The molecule has 0 saturated heterocycles. The van der Waals surface area contributed by atoms with Crippen LogP contribution in [0.4, 0.5) is 0 Å². The van der Waals surface area contributed by atoms with Gasteiger partial charge in [0.25, 0.3) is 11.8 Å². The standard InChI is InChI=1S/C22H23NO5S/c1-22(2,3)29(27,28)13-14-5-8-16(9-6-14)19(24)12-15-7-10-17-18(11-15)21(26)23(4)20(17)25/h5-11H,12-13H2,1-4H3. The third kappa shape index (κ3) is 4.00. The van der Waals surface area contributed by atoms with E-state index in [2.05, 4.69) is 0 Å². The van der Waals surface area contributed by atoms with Gasteiger partial charge in [0.2, 0.25) is 0 Å². The molecule has 2 amide bonds. The van der Waals surface area contributed by atoms with Gasteiger partial charge >= 0.3 is 0 Å². The van der Waals surface area contributed by atoms with Crippen LogP contribution in [0.25, 0.3) is 0 Å². The van der Waals surface area contributed by atoms with Crippen LogP contribution in [0, 0.1) is 0 Å². The molecule has 0 aliphatic carbocycles. The van der Waals surface area contributed by atoms with E-state index in [-0.39, 0.29) is 29.8 Å². The van der Waals surface area contributed by atoms with Crippen LogP contribution in [0.15, 0.2) is 42.5 Å². The lowest BCUT2D eigenvalue weighted by atomic mass is 9.99. The van der Waals surface area contributed by atoms with Crippen LogP contribution in [0.5, 0.6) is 0 Å². The van der Waals surface area contributed by atoms with Crippen LogP contribution >= 0.6 is 0 Å². The largest absolute Gasteiger partial charge is 0.294 e. The molecule has 7 heteroatoms. The smallest absolute Gasteiger partial charge is 0.261 e. The summed E-state index contributed by atoms with van der Waals surface area (Å²) in [5.41, 5.74) is 2.39. The van der Waals surface area contributed by atoms with Crippen molar-refractivity contribution in [1.82, 2.24) is 4.90 Å². The molecule has 0 fully saturated rings. The molecule has 3 rings (SSSR count). The minimum Gasteiger partial charge on any atom is -0.294 e. The molecule has 2 aromatic rings. The van der Waals surface area contributed by atoms with Crippen LogP contribution in [0.2, 0.25) is 0 Å². The zero-order valence-corrected chi connectivity index (χ0v) is 17.7. The molecule has 0 N–H and O–H groups in total. The van der Waals surface area contributed by atoms with Crippen molar-refractivity contribution < 1.29 is 22.8 Å². The highest BCUT2D eigenvalue weighted by Crippen LogP contribution is 2.24. The fraction of sp³-hybridized carbons (Fsp3) is 0.318. The van der Waals surface area contributed by atoms with Crippen molar-refractivity contribution in [3.05, 3.63) is 70.3 Å². The zero-order chi connectivity index (χ0) is 21.6. The molecular weight excluding hydrogens is 390 g/mol. The molecule has 2 aromatic carbocycles. The van der Waals surface area contributed by atoms with Gasteiger partial charge in [-0.1, -0.05) is 30.3 Å². The third-order valence-electron chi connectivity index (χ3n) is 5.08. The topological polar surface area (TPSA) is 88.6 Å². The summed E-state index contributed by atoms with van der Waals surface area (Å²) < 4.78 is 23.8. The summed E-state index contributed by atoms with van der Waals surface area (Å²) >= 11 is 0. The molecule has 0 unspecified atom stereocenters. The van der Waals surface area contributed by atoms with Crippen LogP contribution < -0.4 is 0 Å². The summed E-state index contributed by atoms with van der Waals surface area (Å²) in [5.74, 6) is -0.952. The minimum atomic E-state index is -3.30. The van der Waals surface area contributed by atoms with Crippen LogP contribution in [0.1, 0.15) is 63.0 Å². The quantitative estimate of drug-likeness (QED) is 0.555. The number of nitrogens with zero attached hydrogens (tertiary/aromatic N) is 1. The Bertz CT molecular complexity index is 1110. The molecule has 152 valence electrons. The predicted molar refractivity (Wildman–Crippen MR) is 110 cm³/mol. The fourth-order valence-corrected chi connectivity index (χ4v) is 4.09. The van der Waals surface area contributed by atoms with Crippen LogP contribution in [-0.4, -0.2) is 42.7 Å². The van der Waals surface area contributed by atoms with Gasteiger partial charge in [0.15, 0.2) is 15.6 Å². The molecule has 29 heavy (non-hydrogen) atoms. The molecule has 1 aliphatic heterocycles. The number of fused-ring (bicyclic) bond motifs is 1. The maximum atomic E-state index is 12.6. The Kier molecular flexibility index (Phi) is 5.21. The van der Waals surface area contributed by atoms with Crippen molar-refractivity contribution in [2.45, 2.75) is 37.7 Å². The Hall–Kier alpha value is -2.80. The molecular formula is C22H23NO5S. The van der Waals surface area contributed by atoms with E-state index in [9.17, 15) is 22.8 Å². The highest BCUT2D eigenvalue weighted by Gasteiger charge is 2.33. The lowest BCUT2D eigenvalue weighted by Crippen LogP contribution is -2.29. The molecule has 0 atom stereocenters. The monoisotopic (exact) mass is 413 g/mol. The number of sulfone groups is 1. The number of amides is 2. The number of ketones is 1. The third-order valence-corrected chi connectivity index (χ3v) is 7.66. The van der Waals surface area contributed by atoms with Crippen molar-refractivity contribution >= 4 is 27.4 Å². The number of imide groups is 1. The number of Topliss-reactive ketones (excluding diaryl/α,β-unsaturated/α-hetero) is 1. The molecule has 0 bridgehead atoms. The number of hydrogen-bond acceptors (Lipinski definition) is 5. The minimum absolute atomic E-state index is 0.0814. The molecule has 0 spiro atoms. The Balaban J connectivity index is 1.74. The van der Waals surface area contributed by atoms with E-state index in [0.29, 0.717) is 27.8 Å². The number of benzene rings is 2. The second-order valence-electron chi connectivity index (χ2n) is 8.22. The Morgan fingerprint density at radius 3 is 2.03 bits per heavy atom. The maximum absolute atomic E-state index is 12.6. The van der Waals surface area contributed by atoms with Gasteiger partial charge in [0, 0.05) is 19.0 Å². The second-order valence-corrected chi connectivity index (χ2v) is 11.0. The average molecular weight is 413 g/mol. The summed E-state index contributed by atoms with van der Waals surface area (Å²) in [6.45, 7) is 4.98. The first-order chi connectivity index (χ1) is 13.4. The summed E-state index contributed by atoms with van der Waals surface area (Å²) in [6.07, 6.45) is 0.0814. The van der Waals surface area contributed by atoms with E-state index in [1.807, 2.05) is 0 Å². The molecule has 6 nitrogen and oxygen atoms in total. The highest BCUT2D eigenvalue weighted by atomic mass is 32.2. The van der Waals surface area contributed by atoms with Gasteiger partial charge in [-0.3, -0.25) is 19.3 Å². The van der Waals surface area contributed by atoms with Gasteiger partial charge in [0.05, 0.1) is 21.6 Å². The fourth-order valence-electron chi connectivity index (χ4n) is 3.03. The van der Waals surface area contributed by atoms with E-state index in [1.54, 1.807) is 63.2 Å². The normalized spacial score (nSPS) is 14.3. The van der Waals surface area contributed by atoms with Gasteiger partial charge in [-0.25, -0.2) is 8.42 Å². The van der Waals surface area contributed by atoms with Crippen LogP contribution in [0.3, 0.4) is 0 Å². The van der Waals surface area contributed by atoms with Crippen molar-refractivity contribution in [1.29, 1.82) is 0 Å². The SMILES string of the molecule is CN1C(=O)c2ccc(CC(=O)c3ccc(CS(=O)(=O)C(C)(C)C)cc3)cc2C1=O. The van der Waals surface area contributed by atoms with Crippen molar-refractivity contribution in [2.75, 3.05) is 7.05 Å². The van der Waals surface area contributed by atoms with Gasteiger partial charge in [-0.05, 0) is 44.0 Å². The maximum Gasteiger partial charge on any atom is 0.261 e. The van der Waals surface area contributed by atoms with E-state index in [0.717, 1.165) is 4.90 Å². The Morgan fingerprint density at radius 1 is 0.897 bits per heavy atom. The van der Waals surface area contributed by atoms with Crippen molar-refractivity contribution in [3.63, 3.8) is 0 Å². The molecule has 1 aliphatic rings. The summed E-state index contributed by atoms with van der Waals surface area (Å²) in [4.78, 5) is 37.7. The first-order valence-electron chi connectivity index (χ1n) is 9.20. The molecule has 0 saturated carbocycles. The molecule has 0 radical (unpaired) electrons. The Labute approximate surface area is 170 Å². The lowest BCUT2D eigenvalue weighted by molar-refractivity contribution is 0.0692. The summed E-state index contributed by atoms with van der Waals surface area (Å²) in [6, 6.07) is 11.4. The number of carbonyl (C=O) groups excluding carboxylic acids is 3. The summed E-state index contributed by atoms with van der Waals surface area (Å²) in [5, 5.41) is 0. The van der Waals surface area contributed by atoms with Gasteiger partial charge < -0.3 is 0 Å². The number of rotatable bonds is 5. The predicted octanol–water partition coefficient (Wildman–Crippen LogP) is 3.05. The second kappa shape index (κ2) is 7.22. The van der Waals surface area contributed by atoms with Gasteiger partial charge in [-0.15, -0.1) is 0 Å². The Morgan fingerprint density at radius 2 is 1.45 bits per heavy atom. The van der Waals surface area contributed by atoms with Crippen molar-refractivity contribution in [2.24, 2.45) is 0 Å². The summed E-state index contributed by atoms with van der Waals surface area (Å²) in [7, 11) is -1.87. The number of carbonyl (C=O) groups is 3. The van der Waals surface area contributed by atoms with E-state index in [4.69, 9.17) is 0 Å². The first kappa shape index (κ1) is 20.9. The highest BCUT2D eigenvalue weighted by molar-refractivity contribution is 7.91. The van der Waals surface area contributed by atoms with E-state index < -0.39 is 14.6 Å². The number of hydrogen-bond donors (Lipinski definition) is 0. The van der Waals surface area contributed by atoms with Crippen molar-refractivity contribution in [3.8, 4) is 0 Å². The van der Waals surface area contributed by atoms with Gasteiger partial charge in [0.1, 0.15) is 0 Å². The first-order valence-corrected chi connectivity index (χ1v) is 10.9.